The SMILES string of the molecule is CC(C)CCC[C@@H](C)C1CC[C@H]2C34C=CC5(C[C@@H](OC(=O)CBr)CC[C@]5(C)[C@H]3CC[C@]12C)n1c(=O)n(-c2ccccc2)c(=O)n14. The molecule has 0 amide bonds. The lowest BCUT2D eigenvalue weighted by Gasteiger charge is -2.71. The number of carbonyl (C=O) groups is 1. The summed E-state index contributed by atoms with van der Waals surface area (Å²) < 4.78 is 11.1. The number of esters is 1. The zero-order chi connectivity index (χ0) is 31.9. The van der Waals surface area contributed by atoms with Crippen LogP contribution in [0, 0.1) is 40.4 Å². The molecular weight excluding hydrogens is 630 g/mol. The van der Waals surface area contributed by atoms with Crippen LogP contribution in [0.2, 0.25) is 0 Å². The summed E-state index contributed by atoms with van der Waals surface area (Å²) in [5, 5.41) is 0.141. The summed E-state index contributed by atoms with van der Waals surface area (Å²) in [6.07, 6.45) is 14.7. The highest BCUT2D eigenvalue weighted by molar-refractivity contribution is 9.09. The highest BCUT2D eigenvalue weighted by Crippen LogP contribution is 2.74. The van der Waals surface area contributed by atoms with Gasteiger partial charge in [-0.25, -0.2) is 23.5 Å². The van der Waals surface area contributed by atoms with E-state index in [1.54, 1.807) is 0 Å². The van der Waals surface area contributed by atoms with Crippen molar-refractivity contribution >= 4 is 21.9 Å². The molecule has 2 spiro atoms. The highest BCUT2D eigenvalue weighted by Gasteiger charge is 2.75. The topological polar surface area (TPSA) is 75.2 Å². The molecule has 8 heteroatoms. The Morgan fingerprint density at radius 3 is 2.38 bits per heavy atom. The van der Waals surface area contributed by atoms with Crippen molar-refractivity contribution in [3.05, 3.63) is 63.5 Å². The van der Waals surface area contributed by atoms with E-state index >= 15 is 0 Å². The number of fused-ring (bicyclic) bond motifs is 1. The first-order valence-electron chi connectivity index (χ1n) is 17.4. The van der Waals surface area contributed by atoms with Gasteiger partial charge < -0.3 is 4.74 Å². The maximum atomic E-state index is 14.8. The van der Waals surface area contributed by atoms with Crippen LogP contribution in [0.5, 0.6) is 0 Å². The third-order valence-electron chi connectivity index (χ3n) is 13.6. The van der Waals surface area contributed by atoms with Crippen LogP contribution in [0.15, 0.2) is 52.1 Å². The predicted octanol–water partition coefficient (Wildman–Crippen LogP) is 7.18. The molecule has 3 unspecified atom stereocenters. The van der Waals surface area contributed by atoms with E-state index in [-0.39, 0.29) is 51.4 Å². The van der Waals surface area contributed by atoms with Crippen molar-refractivity contribution in [1.82, 2.24) is 13.9 Å². The molecule has 0 radical (unpaired) electrons. The van der Waals surface area contributed by atoms with E-state index in [0.717, 1.165) is 38.0 Å². The van der Waals surface area contributed by atoms with Gasteiger partial charge in [0, 0.05) is 11.8 Å². The maximum absolute atomic E-state index is 14.8. The second-order valence-corrected chi connectivity index (χ2v) is 16.6. The minimum absolute atomic E-state index is 0.0869. The zero-order valence-electron chi connectivity index (χ0n) is 27.6. The van der Waals surface area contributed by atoms with E-state index in [1.165, 1.54) is 30.3 Å². The Bertz CT molecular complexity index is 1620. The lowest BCUT2D eigenvalue weighted by Crippen LogP contribution is -2.76. The van der Waals surface area contributed by atoms with Gasteiger partial charge in [-0.05, 0) is 85.7 Å². The number of allylic oxidation sites excluding steroid dienone is 2. The van der Waals surface area contributed by atoms with Crippen LogP contribution in [-0.4, -0.2) is 31.3 Å². The van der Waals surface area contributed by atoms with Crippen molar-refractivity contribution in [2.45, 2.75) is 116 Å². The summed E-state index contributed by atoms with van der Waals surface area (Å²) in [5.41, 5.74) is -1.39. The van der Waals surface area contributed by atoms with Crippen LogP contribution in [0.4, 0.5) is 0 Å². The number of rotatable bonds is 8. The van der Waals surface area contributed by atoms with Crippen LogP contribution in [-0.2, 0) is 20.6 Å². The average molecular weight is 681 g/mol. The van der Waals surface area contributed by atoms with Crippen molar-refractivity contribution in [3.63, 3.8) is 0 Å². The van der Waals surface area contributed by atoms with Crippen molar-refractivity contribution < 1.29 is 9.53 Å². The van der Waals surface area contributed by atoms with Gasteiger partial charge in [-0.1, -0.05) is 100 Å². The molecule has 1 aromatic heterocycles. The molecule has 8 rings (SSSR count). The summed E-state index contributed by atoms with van der Waals surface area (Å²) in [7, 11) is 0. The second-order valence-electron chi connectivity index (χ2n) is 16.0. The molecule has 6 aliphatic rings. The molecule has 7 nitrogen and oxygen atoms in total. The van der Waals surface area contributed by atoms with E-state index < -0.39 is 11.1 Å². The molecule has 0 saturated heterocycles. The summed E-state index contributed by atoms with van der Waals surface area (Å²) >= 11 is 3.25. The molecule has 0 N–H and O–H groups in total. The van der Waals surface area contributed by atoms with E-state index in [9.17, 15) is 14.4 Å². The van der Waals surface area contributed by atoms with Gasteiger partial charge in [0.05, 0.1) is 16.8 Å². The number of hydrogen-bond donors (Lipinski definition) is 0. The molecule has 2 aliphatic heterocycles. The molecular formula is C37H50BrN3O4. The number of hydrogen-bond acceptors (Lipinski definition) is 4. The van der Waals surface area contributed by atoms with Crippen molar-refractivity contribution in [3.8, 4) is 5.69 Å². The molecule has 244 valence electrons. The first kappa shape index (κ1) is 31.3. The summed E-state index contributed by atoms with van der Waals surface area (Å²) in [5.74, 6) is 2.16. The van der Waals surface area contributed by atoms with E-state index in [2.05, 4.69) is 62.7 Å². The van der Waals surface area contributed by atoms with Gasteiger partial charge in [-0.2, -0.15) is 0 Å². The molecule has 9 atom stereocenters. The third kappa shape index (κ3) is 4.15. The third-order valence-corrected chi connectivity index (χ3v) is 14.1. The Hall–Kier alpha value is -2.35. The average Bonchev–Trinajstić information content (AvgIpc) is 3.52. The Kier molecular flexibility index (Phi) is 7.54. The normalized spacial score (nSPS) is 38.4. The molecule has 1 aromatic carbocycles. The number of nitrogens with zero attached hydrogens (tertiary/aromatic N) is 3. The fourth-order valence-electron chi connectivity index (χ4n) is 11.7. The van der Waals surface area contributed by atoms with E-state index in [0.29, 0.717) is 23.9 Å². The van der Waals surface area contributed by atoms with E-state index in [4.69, 9.17) is 4.74 Å². The van der Waals surface area contributed by atoms with Crippen molar-refractivity contribution in [2.24, 2.45) is 40.4 Å². The molecule has 2 aromatic rings. The monoisotopic (exact) mass is 679 g/mol. The van der Waals surface area contributed by atoms with Crippen molar-refractivity contribution in [2.75, 3.05) is 5.33 Å². The van der Waals surface area contributed by atoms with E-state index in [1.807, 2.05) is 39.7 Å². The number of alkyl halides is 1. The number of aromatic nitrogens is 3. The Morgan fingerprint density at radius 1 is 0.933 bits per heavy atom. The lowest BCUT2D eigenvalue weighted by atomic mass is 9.40. The Morgan fingerprint density at radius 2 is 1.67 bits per heavy atom. The number of benzene rings is 1. The molecule has 3 fully saturated rings. The lowest BCUT2D eigenvalue weighted by molar-refractivity contribution is -0.204. The fraction of sp³-hybridized carbons (Fsp3) is 0.703. The van der Waals surface area contributed by atoms with Crippen LogP contribution in [0.25, 0.3) is 5.69 Å². The summed E-state index contributed by atoms with van der Waals surface area (Å²) in [4.78, 5) is 42.0. The molecule has 4 aliphatic carbocycles. The highest BCUT2D eigenvalue weighted by atomic mass is 79.9. The van der Waals surface area contributed by atoms with Crippen LogP contribution in [0.3, 0.4) is 0 Å². The molecule has 3 saturated carbocycles. The minimum atomic E-state index is -0.749. The number of halogens is 1. The van der Waals surface area contributed by atoms with Gasteiger partial charge in [0.1, 0.15) is 11.4 Å². The van der Waals surface area contributed by atoms with Crippen LogP contribution < -0.4 is 11.4 Å². The van der Waals surface area contributed by atoms with Gasteiger partial charge in [-0.15, -0.1) is 0 Å². The quantitative estimate of drug-likeness (QED) is 0.168. The van der Waals surface area contributed by atoms with Gasteiger partial charge in [0.2, 0.25) is 0 Å². The van der Waals surface area contributed by atoms with Crippen LogP contribution >= 0.6 is 15.9 Å². The fourth-order valence-corrected chi connectivity index (χ4v) is 11.9. The van der Waals surface area contributed by atoms with Crippen molar-refractivity contribution in [1.29, 1.82) is 0 Å². The standard InChI is InChI=1S/C37H50BrN3O4/c1-24(2)10-9-11-25(3)28-14-15-29-34(28,4)18-17-30-35(5)19-16-27(45-31(42)23-38)22-36(35)20-21-37(29,30)41-33(44)39(32(43)40(36)41)26-12-7-6-8-13-26/h6-8,12-13,20-21,24-25,27-30H,9-11,14-19,22-23H2,1-5H3/t25-,27+,28?,29-,30-,34-,35-,36?,37?/m1/s1. The minimum Gasteiger partial charge on any atom is -0.462 e. The van der Waals surface area contributed by atoms with Gasteiger partial charge in [0.15, 0.2) is 0 Å². The molecule has 2 bridgehead atoms. The number of para-hydroxylation sites is 1. The number of carbonyl (C=O) groups excluding carboxylic acids is 1. The smallest absolute Gasteiger partial charge is 0.352 e. The Labute approximate surface area is 275 Å². The summed E-state index contributed by atoms with van der Waals surface area (Å²) in [6.45, 7) is 12.0. The molecule has 3 heterocycles. The first-order chi connectivity index (χ1) is 21.4. The van der Waals surface area contributed by atoms with Gasteiger partial charge >= 0.3 is 17.3 Å². The number of ether oxygens (including phenoxy) is 1. The van der Waals surface area contributed by atoms with Gasteiger partial charge in [-0.3, -0.25) is 4.79 Å². The summed E-state index contributed by atoms with van der Waals surface area (Å²) in [6, 6.07) is 9.39. The van der Waals surface area contributed by atoms with Crippen LogP contribution in [0.1, 0.15) is 98.8 Å². The van der Waals surface area contributed by atoms with Gasteiger partial charge in [0.25, 0.3) is 0 Å². The first-order valence-corrected chi connectivity index (χ1v) is 18.6. The molecule has 45 heavy (non-hydrogen) atoms. The maximum Gasteiger partial charge on any atom is 0.352 e. The largest absolute Gasteiger partial charge is 0.462 e. The Balaban J connectivity index is 1.40. The second kappa shape index (κ2) is 10.8. The predicted molar refractivity (Wildman–Crippen MR) is 180 cm³/mol. The zero-order valence-corrected chi connectivity index (χ0v) is 29.2.